The van der Waals surface area contributed by atoms with Crippen molar-refractivity contribution in [1.82, 2.24) is 5.32 Å². The van der Waals surface area contributed by atoms with Crippen molar-refractivity contribution in [3.05, 3.63) is 12.2 Å². The number of nitrogens with one attached hydrogen (secondary N) is 1. The van der Waals surface area contributed by atoms with Crippen molar-refractivity contribution in [2.45, 2.75) is 294 Å². The fraction of sp³-hybridized carbons (Fsp3) is 0.941. The molecule has 9 heteroatoms. The summed E-state index contributed by atoms with van der Waals surface area (Å²) in [7, 11) is 0. The molecule has 1 rings (SSSR count). The summed E-state index contributed by atoms with van der Waals surface area (Å²) in [5.41, 5.74) is 0. The van der Waals surface area contributed by atoms with Gasteiger partial charge in [-0.25, -0.2) is 0 Å². The first-order valence-corrected chi connectivity index (χ1v) is 25.9. The summed E-state index contributed by atoms with van der Waals surface area (Å²) in [5, 5.41) is 54.4. The first kappa shape index (κ1) is 56.9. The topological polar surface area (TPSA) is 149 Å². The van der Waals surface area contributed by atoms with E-state index in [1.165, 1.54) is 186 Å². The fourth-order valence-electron chi connectivity index (χ4n) is 8.45. The molecular formula is C51H99NO8. The molecule has 0 aromatic heterocycles. The van der Waals surface area contributed by atoms with Gasteiger partial charge in [0.25, 0.3) is 0 Å². The van der Waals surface area contributed by atoms with Gasteiger partial charge in [-0.1, -0.05) is 219 Å². The Morgan fingerprint density at radius 1 is 0.550 bits per heavy atom. The van der Waals surface area contributed by atoms with E-state index in [0.29, 0.717) is 12.8 Å². The van der Waals surface area contributed by atoms with Crippen LogP contribution in [0.5, 0.6) is 0 Å². The molecule has 7 atom stereocenters. The number of carbonyl (C=O) groups is 1. The van der Waals surface area contributed by atoms with E-state index in [1.54, 1.807) is 0 Å². The fourth-order valence-corrected chi connectivity index (χ4v) is 8.45. The third-order valence-corrected chi connectivity index (χ3v) is 12.6. The van der Waals surface area contributed by atoms with Crippen LogP contribution in [-0.4, -0.2) is 87.5 Å². The third-order valence-electron chi connectivity index (χ3n) is 12.6. The SMILES string of the molecule is CCCCCCCCCCCCCC/C=C\CCCCCCCCCCCC(=O)NC(COC1OC(CO)C(O)C(O)C1O)C(O)CCCCCCCCCCCCCC. The molecule has 9 nitrogen and oxygen atoms in total. The molecule has 1 fully saturated rings. The van der Waals surface area contributed by atoms with Crippen LogP contribution in [0, 0.1) is 0 Å². The number of ether oxygens (including phenoxy) is 2. The van der Waals surface area contributed by atoms with Crippen LogP contribution < -0.4 is 5.32 Å². The molecule has 0 aromatic rings. The Morgan fingerprint density at radius 2 is 0.933 bits per heavy atom. The molecule has 1 amide bonds. The number of carbonyl (C=O) groups excluding carboxylic acids is 1. The minimum absolute atomic E-state index is 0.135. The summed E-state index contributed by atoms with van der Waals surface area (Å²) in [5.74, 6) is -0.144. The van der Waals surface area contributed by atoms with E-state index in [4.69, 9.17) is 9.47 Å². The molecule has 60 heavy (non-hydrogen) atoms. The van der Waals surface area contributed by atoms with E-state index in [2.05, 4.69) is 31.3 Å². The van der Waals surface area contributed by atoms with Gasteiger partial charge in [-0.3, -0.25) is 4.79 Å². The highest BCUT2D eigenvalue weighted by molar-refractivity contribution is 5.76. The third kappa shape index (κ3) is 31.7. The number of rotatable bonds is 44. The minimum atomic E-state index is -1.55. The van der Waals surface area contributed by atoms with Crippen molar-refractivity contribution < 1.29 is 39.8 Å². The van der Waals surface area contributed by atoms with Gasteiger partial charge < -0.3 is 40.3 Å². The maximum absolute atomic E-state index is 13.0. The minimum Gasteiger partial charge on any atom is -0.394 e. The number of allylic oxidation sites excluding steroid dienone is 2. The van der Waals surface area contributed by atoms with Gasteiger partial charge in [-0.05, 0) is 38.5 Å². The maximum atomic E-state index is 13.0. The zero-order chi connectivity index (χ0) is 43.7. The van der Waals surface area contributed by atoms with Crippen LogP contribution in [0.4, 0.5) is 0 Å². The lowest BCUT2D eigenvalue weighted by atomic mass is 9.99. The predicted octanol–water partition coefficient (Wildman–Crippen LogP) is 11.7. The van der Waals surface area contributed by atoms with Crippen LogP contribution in [0.25, 0.3) is 0 Å². The zero-order valence-corrected chi connectivity index (χ0v) is 39.2. The highest BCUT2D eigenvalue weighted by Crippen LogP contribution is 2.23. The number of hydrogen-bond donors (Lipinski definition) is 6. The molecule has 0 aromatic carbocycles. The number of aliphatic hydroxyl groups excluding tert-OH is 5. The average Bonchev–Trinajstić information content (AvgIpc) is 3.25. The smallest absolute Gasteiger partial charge is 0.220 e. The molecule has 1 aliphatic rings. The molecule has 1 heterocycles. The Kier molecular flexibility index (Phi) is 39.8. The highest BCUT2D eigenvalue weighted by Gasteiger charge is 2.44. The van der Waals surface area contributed by atoms with Gasteiger partial charge in [0.1, 0.15) is 24.4 Å². The van der Waals surface area contributed by atoms with E-state index >= 15 is 0 Å². The van der Waals surface area contributed by atoms with Crippen molar-refractivity contribution in [3.63, 3.8) is 0 Å². The van der Waals surface area contributed by atoms with Crippen molar-refractivity contribution in [2.75, 3.05) is 13.2 Å². The zero-order valence-electron chi connectivity index (χ0n) is 39.2. The van der Waals surface area contributed by atoms with Gasteiger partial charge in [-0.2, -0.15) is 0 Å². The van der Waals surface area contributed by atoms with E-state index in [1.807, 2.05) is 0 Å². The molecule has 1 saturated heterocycles. The summed E-state index contributed by atoms with van der Waals surface area (Å²) >= 11 is 0. The van der Waals surface area contributed by atoms with E-state index in [0.717, 1.165) is 38.5 Å². The molecule has 6 N–H and O–H groups in total. The van der Waals surface area contributed by atoms with Crippen LogP contribution in [0.2, 0.25) is 0 Å². The molecule has 0 bridgehead atoms. The summed E-state index contributed by atoms with van der Waals surface area (Å²) in [6.45, 7) is 3.85. The average molecular weight is 854 g/mol. The second-order valence-corrected chi connectivity index (χ2v) is 18.3. The Bertz CT molecular complexity index is 950. The molecule has 1 aliphatic heterocycles. The van der Waals surface area contributed by atoms with Gasteiger partial charge in [0.15, 0.2) is 6.29 Å². The summed E-state index contributed by atoms with van der Waals surface area (Å²) < 4.78 is 11.3. The normalized spacial score (nSPS) is 20.6. The number of unbranched alkanes of at least 4 members (excludes halogenated alkanes) is 32. The first-order chi connectivity index (χ1) is 29.3. The number of amides is 1. The van der Waals surface area contributed by atoms with E-state index in [-0.39, 0.29) is 12.5 Å². The molecule has 7 unspecified atom stereocenters. The van der Waals surface area contributed by atoms with Gasteiger partial charge in [0.05, 0.1) is 25.4 Å². The second kappa shape index (κ2) is 41.9. The van der Waals surface area contributed by atoms with Crippen LogP contribution in [-0.2, 0) is 14.3 Å². The van der Waals surface area contributed by atoms with E-state index < -0.39 is 49.5 Å². The number of hydrogen-bond acceptors (Lipinski definition) is 8. The largest absolute Gasteiger partial charge is 0.394 e. The van der Waals surface area contributed by atoms with Crippen molar-refractivity contribution in [1.29, 1.82) is 0 Å². The molecule has 0 radical (unpaired) electrons. The standard InChI is InChI=1S/C51H99NO8/c1-3-5-7-9-11-13-15-17-18-19-20-21-22-23-24-25-26-27-28-29-31-33-35-37-39-41-47(55)52-44(43-59-51-50(58)49(57)48(56)46(42-53)60-51)45(54)40-38-36-34-32-30-16-14-12-10-8-6-4-2/h23-24,44-46,48-51,53-54,56-58H,3-22,25-43H2,1-2H3,(H,52,55)/b24-23-. The molecule has 0 aliphatic carbocycles. The van der Waals surface area contributed by atoms with Gasteiger partial charge in [-0.15, -0.1) is 0 Å². The first-order valence-electron chi connectivity index (χ1n) is 25.9. The van der Waals surface area contributed by atoms with Crippen molar-refractivity contribution in [2.24, 2.45) is 0 Å². The lowest BCUT2D eigenvalue weighted by Crippen LogP contribution is -2.60. The van der Waals surface area contributed by atoms with Gasteiger partial charge in [0.2, 0.25) is 5.91 Å². The van der Waals surface area contributed by atoms with Crippen LogP contribution >= 0.6 is 0 Å². The van der Waals surface area contributed by atoms with Crippen molar-refractivity contribution in [3.8, 4) is 0 Å². The molecule has 356 valence electrons. The van der Waals surface area contributed by atoms with E-state index in [9.17, 15) is 30.3 Å². The second-order valence-electron chi connectivity index (χ2n) is 18.3. The van der Waals surface area contributed by atoms with Gasteiger partial charge >= 0.3 is 0 Å². The van der Waals surface area contributed by atoms with Crippen LogP contribution in [0.15, 0.2) is 12.2 Å². The van der Waals surface area contributed by atoms with Crippen LogP contribution in [0.1, 0.15) is 251 Å². The van der Waals surface area contributed by atoms with Crippen LogP contribution in [0.3, 0.4) is 0 Å². The molecular weight excluding hydrogens is 755 g/mol. The summed E-state index contributed by atoms with van der Waals surface area (Å²) in [6, 6.07) is -0.715. The lowest BCUT2D eigenvalue weighted by molar-refractivity contribution is -0.302. The predicted molar refractivity (Wildman–Crippen MR) is 249 cm³/mol. The Balaban J connectivity index is 2.20. The quantitative estimate of drug-likeness (QED) is 0.0262. The Morgan fingerprint density at radius 3 is 1.35 bits per heavy atom. The molecule has 0 saturated carbocycles. The highest BCUT2D eigenvalue weighted by atomic mass is 16.7. The Labute approximate surface area is 369 Å². The van der Waals surface area contributed by atoms with Gasteiger partial charge in [0, 0.05) is 6.42 Å². The molecule has 0 spiro atoms. The summed E-state index contributed by atoms with van der Waals surface area (Å²) in [6.07, 6.45) is 42.3. The van der Waals surface area contributed by atoms with Crippen molar-refractivity contribution >= 4 is 5.91 Å². The monoisotopic (exact) mass is 854 g/mol. The maximum Gasteiger partial charge on any atom is 0.220 e. The Hall–Kier alpha value is -1.07. The lowest BCUT2D eigenvalue weighted by Gasteiger charge is -2.40. The number of aliphatic hydroxyl groups is 5. The summed E-state index contributed by atoms with van der Waals surface area (Å²) in [4.78, 5) is 13.0.